The number of hydrogen-bond acceptors (Lipinski definition) is 4. The van der Waals surface area contributed by atoms with E-state index in [1.807, 2.05) is 18.2 Å². The van der Waals surface area contributed by atoms with E-state index in [4.69, 9.17) is 9.26 Å². The van der Waals surface area contributed by atoms with Gasteiger partial charge in [0, 0.05) is 11.0 Å². The van der Waals surface area contributed by atoms with Crippen LogP contribution < -0.4 is 10.1 Å². The highest BCUT2D eigenvalue weighted by molar-refractivity contribution is 9.10. The first-order valence-electron chi connectivity index (χ1n) is 5.25. The highest BCUT2D eigenvalue weighted by Gasteiger charge is 2.19. The van der Waals surface area contributed by atoms with Gasteiger partial charge < -0.3 is 14.6 Å². The molecule has 0 radical (unpaired) electrons. The Hall–Kier alpha value is -1.07. The van der Waals surface area contributed by atoms with Crippen LogP contribution >= 0.6 is 15.9 Å². The summed E-state index contributed by atoms with van der Waals surface area (Å²) in [6.07, 6.45) is 1.22. The SMILES string of the molecule is Brc1ccc2onc(OC3CCNC3)c2c1. The third-order valence-electron chi connectivity index (χ3n) is 2.69. The van der Waals surface area contributed by atoms with Gasteiger partial charge in [0.25, 0.3) is 5.88 Å². The van der Waals surface area contributed by atoms with Gasteiger partial charge in [0.05, 0.1) is 5.39 Å². The number of nitrogens with one attached hydrogen (secondary N) is 1. The molecule has 0 bridgehead atoms. The fourth-order valence-electron chi connectivity index (χ4n) is 1.86. The highest BCUT2D eigenvalue weighted by Crippen LogP contribution is 2.28. The standard InChI is InChI=1S/C11H11BrN2O2/c12-7-1-2-10-9(5-7)11(14-16-10)15-8-3-4-13-6-8/h1-2,5,8,13H,3-4,6H2. The smallest absolute Gasteiger partial charge is 0.262 e. The Morgan fingerprint density at radius 1 is 1.50 bits per heavy atom. The summed E-state index contributed by atoms with van der Waals surface area (Å²) < 4.78 is 12.0. The zero-order valence-corrected chi connectivity index (χ0v) is 10.2. The minimum atomic E-state index is 0.201. The van der Waals surface area contributed by atoms with E-state index in [9.17, 15) is 0 Å². The second-order valence-electron chi connectivity index (χ2n) is 3.86. The van der Waals surface area contributed by atoms with E-state index in [2.05, 4.69) is 26.4 Å². The Kier molecular flexibility index (Phi) is 2.57. The molecule has 0 saturated carbocycles. The minimum Gasteiger partial charge on any atom is -0.470 e. The number of hydrogen-bond donors (Lipinski definition) is 1. The van der Waals surface area contributed by atoms with Gasteiger partial charge in [-0.05, 0) is 36.3 Å². The summed E-state index contributed by atoms with van der Waals surface area (Å²) in [7, 11) is 0. The maximum atomic E-state index is 5.80. The zero-order valence-electron chi connectivity index (χ0n) is 8.57. The fourth-order valence-corrected chi connectivity index (χ4v) is 2.22. The Morgan fingerprint density at radius 2 is 2.44 bits per heavy atom. The van der Waals surface area contributed by atoms with Crippen LogP contribution in [-0.2, 0) is 0 Å². The van der Waals surface area contributed by atoms with Crippen molar-refractivity contribution >= 4 is 26.9 Å². The van der Waals surface area contributed by atoms with Crippen molar-refractivity contribution in [3.05, 3.63) is 22.7 Å². The van der Waals surface area contributed by atoms with Crippen molar-refractivity contribution in [1.29, 1.82) is 0 Å². The Balaban J connectivity index is 1.93. The average molecular weight is 283 g/mol. The predicted molar refractivity (Wildman–Crippen MR) is 63.6 cm³/mol. The van der Waals surface area contributed by atoms with E-state index in [-0.39, 0.29) is 6.10 Å². The minimum absolute atomic E-state index is 0.201. The van der Waals surface area contributed by atoms with E-state index >= 15 is 0 Å². The molecule has 1 atom stereocenters. The van der Waals surface area contributed by atoms with Crippen molar-refractivity contribution in [1.82, 2.24) is 10.5 Å². The summed E-state index contributed by atoms with van der Waals surface area (Å²) in [5.41, 5.74) is 0.754. The van der Waals surface area contributed by atoms with Crippen LogP contribution in [0.5, 0.6) is 5.88 Å². The second-order valence-corrected chi connectivity index (χ2v) is 4.78. The third kappa shape index (κ3) is 1.81. The molecular formula is C11H11BrN2O2. The molecule has 1 aromatic heterocycles. The predicted octanol–water partition coefficient (Wildman–Crippen LogP) is 2.33. The number of ether oxygens (including phenoxy) is 1. The normalized spacial score (nSPS) is 20.4. The van der Waals surface area contributed by atoms with Crippen LogP contribution in [0.15, 0.2) is 27.2 Å². The maximum Gasteiger partial charge on any atom is 0.262 e. The molecule has 1 aliphatic heterocycles. The van der Waals surface area contributed by atoms with Crippen molar-refractivity contribution in [2.45, 2.75) is 12.5 Å². The Bertz CT molecular complexity index is 506. The van der Waals surface area contributed by atoms with Crippen LogP contribution in [0.3, 0.4) is 0 Å². The molecule has 5 heteroatoms. The van der Waals surface area contributed by atoms with Crippen molar-refractivity contribution in [3.8, 4) is 5.88 Å². The van der Waals surface area contributed by atoms with Crippen molar-refractivity contribution in [3.63, 3.8) is 0 Å². The lowest BCUT2D eigenvalue weighted by atomic mass is 10.2. The molecule has 16 heavy (non-hydrogen) atoms. The monoisotopic (exact) mass is 282 g/mol. The lowest BCUT2D eigenvalue weighted by molar-refractivity contribution is 0.204. The molecule has 1 N–H and O–H groups in total. The van der Waals surface area contributed by atoms with Crippen LogP contribution in [0.2, 0.25) is 0 Å². The van der Waals surface area contributed by atoms with Gasteiger partial charge in [-0.1, -0.05) is 15.9 Å². The number of nitrogens with zero attached hydrogens (tertiary/aromatic N) is 1. The van der Waals surface area contributed by atoms with Gasteiger partial charge in [0.15, 0.2) is 5.58 Å². The molecule has 4 nitrogen and oxygen atoms in total. The van der Waals surface area contributed by atoms with Crippen LogP contribution in [0.1, 0.15) is 6.42 Å². The molecule has 1 saturated heterocycles. The van der Waals surface area contributed by atoms with Crippen LogP contribution in [0.4, 0.5) is 0 Å². The summed E-state index contributed by atoms with van der Waals surface area (Å²) in [6.45, 7) is 1.88. The van der Waals surface area contributed by atoms with Crippen molar-refractivity contribution in [2.24, 2.45) is 0 Å². The van der Waals surface area contributed by atoms with Gasteiger partial charge in [-0.3, -0.25) is 0 Å². The molecule has 0 amide bonds. The molecule has 84 valence electrons. The molecule has 1 fully saturated rings. The second kappa shape index (κ2) is 4.07. The summed E-state index contributed by atoms with van der Waals surface area (Å²) in [5.74, 6) is 0.588. The van der Waals surface area contributed by atoms with Gasteiger partial charge in [-0.25, -0.2) is 0 Å². The lowest BCUT2D eigenvalue weighted by Gasteiger charge is -2.08. The maximum absolute atomic E-state index is 5.80. The van der Waals surface area contributed by atoms with E-state index in [0.29, 0.717) is 5.88 Å². The first-order chi connectivity index (χ1) is 7.83. The Labute approximate surface area is 101 Å². The van der Waals surface area contributed by atoms with E-state index in [1.54, 1.807) is 0 Å². The molecule has 1 aliphatic rings. The van der Waals surface area contributed by atoms with E-state index in [1.165, 1.54) is 0 Å². The molecule has 2 aromatic rings. The molecule has 2 heterocycles. The lowest BCUT2D eigenvalue weighted by Crippen LogP contribution is -2.19. The van der Waals surface area contributed by atoms with Crippen LogP contribution in [0, 0.1) is 0 Å². The summed E-state index contributed by atoms with van der Waals surface area (Å²) >= 11 is 3.43. The number of benzene rings is 1. The van der Waals surface area contributed by atoms with E-state index in [0.717, 1.165) is 35.0 Å². The van der Waals surface area contributed by atoms with Gasteiger partial charge in [-0.15, -0.1) is 0 Å². The quantitative estimate of drug-likeness (QED) is 0.919. The molecule has 3 rings (SSSR count). The van der Waals surface area contributed by atoms with Crippen LogP contribution in [0.25, 0.3) is 11.0 Å². The highest BCUT2D eigenvalue weighted by atomic mass is 79.9. The first kappa shape index (κ1) is 10.1. The summed E-state index contributed by atoms with van der Waals surface area (Å²) in [4.78, 5) is 0. The van der Waals surface area contributed by atoms with Crippen molar-refractivity contribution < 1.29 is 9.26 Å². The van der Waals surface area contributed by atoms with Gasteiger partial charge in [0.2, 0.25) is 0 Å². The first-order valence-corrected chi connectivity index (χ1v) is 6.04. The Morgan fingerprint density at radius 3 is 3.25 bits per heavy atom. The largest absolute Gasteiger partial charge is 0.470 e. The molecule has 1 unspecified atom stereocenters. The fraction of sp³-hybridized carbons (Fsp3) is 0.364. The molecule has 0 spiro atoms. The number of rotatable bonds is 2. The number of fused-ring (bicyclic) bond motifs is 1. The van der Waals surface area contributed by atoms with Gasteiger partial charge in [-0.2, -0.15) is 0 Å². The summed E-state index contributed by atoms with van der Waals surface area (Å²) in [6, 6.07) is 5.77. The van der Waals surface area contributed by atoms with Gasteiger partial charge >= 0.3 is 0 Å². The average Bonchev–Trinajstić information content (AvgIpc) is 2.90. The number of halogens is 1. The van der Waals surface area contributed by atoms with Gasteiger partial charge in [0.1, 0.15) is 6.10 Å². The summed E-state index contributed by atoms with van der Waals surface area (Å²) in [5, 5.41) is 8.12. The third-order valence-corrected chi connectivity index (χ3v) is 3.19. The van der Waals surface area contributed by atoms with Crippen molar-refractivity contribution in [2.75, 3.05) is 13.1 Å². The topological polar surface area (TPSA) is 47.3 Å². The zero-order chi connectivity index (χ0) is 11.0. The molecule has 1 aromatic carbocycles. The molecular weight excluding hydrogens is 272 g/mol. The number of aromatic nitrogens is 1. The molecule has 0 aliphatic carbocycles. The van der Waals surface area contributed by atoms with E-state index < -0.39 is 0 Å². The van der Waals surface area contributed by atoms with Crippen LogP contribution in [-0.4, -0.2) is 24.4 Å².